The minimum absolute atomic E-state index is 0.385. The van der Waals surface area contributed by atoms with Crippen molar-refractivity contribution in [2.24, 2.45) is 0 Å². The van der Waals surface area contributed by atoms with E-state index in [9.17, 15) is 0 Å². The second-order valence-corrected chi connectivity index (χ2v) is 5.68. The molecule has 0 amide bonds. The molecule has 0 saturated carbocycles. The number of rotatable bonds is 9. The maximum Gasteiger partial charge on any atom is 0.0589 e. The van der Waals surface area contributed by atoms with Crippen LogP contribution in [0.25, 0.3) is 0 Å². The molecule has 0 fully saturated rings. The van der Waals surface area contributed by atoms with Crippen LogP contribution < -0.4 is 5.32 Å². The molecule has 0 heterocycles. The molecule has 3 nitrogen and oxygen atoms in total. The number of hydrogen-bond acceptors (Lipinski definition) is 3. The van der Waals surface area contributed by atoms with Crippen molar-refractivity contribution in [1.29, 1.82) is 0 Å². The van der Waals surface area contributed by atoms with E-state index < -0.39 is 0 Å². The van der Waals surface area contributed by atoms with E-state index >= 15 is 0 Å². The molecule has 20 heavy (non-hydrogen) atoms. The van der Waals surface area contributed by atoms with E-state index in [1.165, 1.54) is 16.7 Å². The Morgan fingerprint density at radius 1 is 1.20 bits per heavy atom. The van der Waals surface area contributed by atoms with Gasteiger partial charge < -0.3 is 15.0 Å². The molecule has 1 rings (SSSR count). The first-order chi connectivity index (χ1) is 9.56. The fourth-order valence-corrected chi connectivity index (χ4v) is 2.47. The summed E-state index contributed by atoms with van der Waals surface area (Å²) in [6.45, 7) is 10.3. The number of aryl methyl sites for hydroxylation is 2. The highest BCUT2D eigenvalue weighted by molar-refractivity contribution is 5.30. The Kier molecular flexibility index (Phi) is 7.82. The highest BCUT2D eigenvalue weighted by Gasteiger charge is 2.14. The number of nitrogens with one attached hydrogen (secondary N) is 1. The first-order valence-corrected chi connectivity index (χ1v) is 7.55. The summed E-state index contributed by atoms with van der Waals surface area (Å²) in [4.78, 5) is 2.33. The van der Waals surface area contributed by atoms with Crippen LogP contribution in [0.3, 0.4) is 0 Å². The number of ether oxygens (including phenoxy) is 1. The van der Waals surface area contributed by atoms with Crippen LogP contribution in [-0.4, -0.2) is 45.3 Å². The van der Waals surface area contributed by atoms with Gasteiger partial charge >= 0.3 is 0 Å². The van der Waals surface area contributed by atoms with Crippen molar-refractivity contribution in [3.05, 3.63) is 34.9 Å². The van der Waals surface area contributed by atoms with Crippen LogP contribution in [0, 0.1) is 13.8 Å². The third-order valence-corrected chi connectivity index (χ3v) is 3.46. The Morgan fingerprint density at radius 3 is 2.40 bits per heavy atom. The zero-order chi connectivity index (χ0) is 15.0. The van der Waals surface area contributed by atoms with Crippen LogP contribution in [0.1, 0.15) is 36.1 Å². The van der Waals surface area contributed by atoms with E-state index in [1.54, 1.807) is 7.11 Å². The lowest BCUT2D eigenvalue weighted by molar-refractivity contribution is 0.155. The number of benzene rings is 1. The average Bonchev–Trinajstić information content (AvgIpc) is 2.40. The molecule has 1 atom stereocenters. The van der Waals surface area contributed by atoms with E-state index in [0.29, 0.717) is 6.04 Å². The van der Waals surface area contributed by atoms with Gasteiger partial charge in [-0.2, -0.15) is 0 Å². The first-order valence-electron chi connectivity index (χ1n) is 7.55. The summed E-state index contributed by atoms with van der Waals surface area (Å²) in [5.74, 6) is 0. The van der Waals surface area contributed by atoms with E-state index in [2.05, 4.69) is 56.2 Å². The molecule has 0 aliphatic carbocycles. The molecule has 0 saturated heterocycles. The Bertz CT molecular complexity index is 372. The first kappa shape index (κ1) is 17.2. The Labute approximate surface area is 124 Å². The lowest BCUT2D eigenvalue weighted by atomic mass is 10.0. The van der Waals surface area contributed by atoms with Gasteiger partial charge in [0.2, 0.25) is 0 Å². The molecule has 0 aliphatic heterocycles. The van der Waals surface area contributed by atoms with Crippen molar-refractivity contribution in [3.8, 4) is 0 Å². The summed E-state index contributed by atoms with van der Waals surface area (Å²) >= 11 is 0. The van der Waals surface area contributed by atoms with Gasteiger partial charge in [-0.05, 0) is 39.4 Å². The van der Waals surface area contributed by atoms with Gasteiger partial charge in [-0.15, -0.1) is 0 Å². The number of likely N-dealkylation sites (N-methyl/N-ethyl adjacent to an activating group) is 1. The molecule has 0 bridgehead atoms. The second-order valence-electron chi connectivity index (χ2n) is 5.68. The molecule has 0 aliphatic rings. The van der Waals surface area contributed by atoms with Gasteiger partial charge in [-0.1, -0.05) is 36.2 Å². The number of methoxy groups -OCH3 is 1. The Hall–Kier alpha value is -0.900. The molecule has 0 radical (unpaired) electrons. The van der Waals surface area contributed by atoms with Crippen molar-refractivity contribution in [2.45, 2.75) is 33.2 Å². The van der Waals surface area contributed by atoms with Crippen LogP contribution >= 0.6 is 0 Å². The average molecular weight is 278 g/mol. The van der Waals surface area contributed by atoms with E-state index in [-0.39, 0.29) is 0 Å². The summed E-state index contributed by atoms with van der Waals surface area (Å²) in [7, 11) is 3.91. The van der Waals surface area contributed by atoms with Crippen molar-refractivity contribution in [1.82, 2.24) is 10.2 Å². The van der Waals surface area contributed by atoms with E-state index in [4.69, 9.17) is 4.74 Å². The van der Waals surface area contributed by atoms with Crippen molar-refractivity contribution in [3.63, 3.8) is 0 Å². The standard InChI is InChI=1S/C17H30N2O/c1-6-7-18-17(13-19(4)8-9-20-5)16-11-14(2)10-15(3)12-16/h10-12,17-18H,6-9,13H2,1-5H3. The molecule has 1 aromatic carbocycles. The highest BCUT2D eigenvalue weighted by atomic mass is 16.5. The maximum absolute atomic E-state index is 5.16. The van der Waals surface area contributed by atoms with Crippen molar-refractivity contribution in [2.75, 3.05) is 40.4 Å². The summed E-state index contributed by atoms with van der Waals surface area (Å²) in [6, 6.07) is 7.21. The third kappa shape index (κ3) is 6.04. The molecular weight excluding hydrogens is 248 g/mol. The maximum atomic E-state index is 5.16. The second kappa shape index (κ2) is 9.11. The third-order valence-electron chi connectivity index (χ3n) is 3.46. The van der Waals surface area contributed by atoms with Crippen LogP contribution in [0.5, 0.6) is 0 Å². The molecule has 0 aromatic heterocycles. The van der Waals surface area contributed by atoms with Crippen LogP contribution in [-0.2, 0) is 4.74 Å². The SMILES string of the molecule is CCCNC(CN(C)CCOC)c1cc(C)cc(C)c1. The topological polar surface area (TPSA) is 24.5 Å². The summed E-state index contributed by atoms with van der Waals surface area (Å²) in [5, 5.41) is 3.66. The van der Waals surface area contributed by atoms with Gasteiger partial charge in [0.1, 0.15) is 0 Å². The molecule has 0 spiro atoms. The quantitative estimate of drug-likeness (QED) is 0.751. The van der Waals surface area contributed by atoms with Gasteiger partial charge in [-0.3, -0.25) is 0 Å². The normalized spacial score (nSPS) is 12.9. The lowest BCUT2D eigenvalue weighted by Crippen LogP contribution is -2.35. The van der Waals surface area contributed by atoms with Crippen LogP contribution in [0.15, 0.2) is 18.2 Å². The predicted molar refractivity (Wildman–Crippen MR) is 86.3 cm³/mol. The van der Waals surface area contributed by atoms with Gasteiger partial charge in [0.25, 0.3) is 0 Å². The van der Waals surface area contributed by atoms with Crippen molar-refractivity contribution >= 4 is 0 Å². The fraction of sp³-hybridized carbons (Fsp3) is 0.647. The minimum Gasteiger partial charge on any atom is -0.383 e. The fourth-order valence-electron chi connectivity index (χ4n) is 2.47. The molecule has 1 aromatic rings. The zero-order valence-corrected chi connectivity index (χ0v) is 13.7. The van der Waals surface area contributed by atoms with Crippen LogP contribution in [0.2, 0.25) is 0 Å². The largest absolute Gasteiger partial charge is 0.383 e. The highest BCUT2D eigenvalue weighted by Crippen LogP contribution is 2.18. The Balaban J connectivity index is 2.76. The van der Waals surface area contributed by atoms with Gasteiger partial charge in [0.15, 0.2) is 0 Å². The monoisotopic (exact) mass is 278 g/mol. The summed E-state index contributed by atoms with van der Waals surface area (Å²) in [6.07, 6.45) is 1.16. The Morgan fingerprint density at radius 2 is 1.85 bits per heavy atom. The van der Waals surface area contributed by atoms with Crippen LogP contribution in [0.4, 0.5) is 0 Å². The summed E-state index contributed by atoms with van der Waals surface area (Å²) in [5.41, 5.74) is 4.06. The molecule has 1 N–H and O–H groups in total. The van der Waals surface area contributed by atoms with E-state index in [0.717, 1.165) is 32.7 Å². The molecule has 114 valence electrons. The van der Waals surface area contributed by atoms with Gasteiger partial charge in [0, 0.05) is 26.2 Å². The smallest absolute Gasteiger partial charge is 0.0589 e. The van der Waals surface area contributed by atoms with Crippen molar-refractivity contribution < 1.29 is 4.74 Å². The zero-order valence-electron chi connectivity index (χ0n) is 13.7. The lowest BCUT2D eigenvalue weighted by Gasteiger charge is -2.26. The number of nitrogens with zero attached hydrogens (tertiary/aromatic N) is 1. The van der Waals surface area contributed by atoms with E-state index in [1.807, 2.05) is 0 Å². The number of hydrogen-bond donors (Lipinski definition) is 1. The van der Waals surface area contributed by atoms with Gasteiger partial charge in [0.05, 0.1) is 6.61 Å². The predicted octanol–water partition coefficient (Wildman–Crippen LogP) is 2.92. The van der Waals surface area contributed by atoms with Gasteiger partial charge in [-0.25, -0.2) is 0 Å². The molecular formula is C17H30N2O. The minimum atomic E-state index is 0.385. The molecule has 3 heteroatoms. The molecule has 1 unspecified atom stereocenters. The summed E-state index contributed by atoms with van der Waals surface area (Å²) < 4.78 is 5.16.